The molecule has 2 saturated heterocycles. The van der Waals surface area contributed by atoms with Crippen LogP contribution in [0.3, 0.4) is 0 Å². The normalized spacial score (nSPS) is 34.7. The number of aliphatic hydroxyl groups is 7. The van der Waals surface area contributed by atoms with Crippen molar-refractivity contribution in [2.24, 2.45) is 0 Å². The number of hydrogen-bond donors (Lipinski definition) is 10. The van der Waals surface area contributed by atoms with Crippen molar-refractivity contribution < 1.29 is 70.0 Å². The molecule has 10 N–H and O–H groups in total. The first kappa shape index (κ1) is 30.0. The zero-order valence-electron chi connectivity index (χ0n) is 20.9. The Kier molecular flexibility index (Phi) is 9.48. The first-order chi connectivity index (χ1) is 19.0. The standard InChI is InChI=1S/C26H32O14/c27-9-16-18(31)20(33)22(35)25(38-16)37-10-17-19(32)21(34)23(36)26(39-17)40-24-12(7-14(29)8-15(24)30)4-1-11-2-5-13(28)6-3-11/h1-8,16-23,25-36H,9-10H2/b4-1+/t16-,17-,18-,19-,20+,21+,22-,23-,25+,26+/m1/s1. The molecular formula is C26H32O14. The quantitative estimate of drug-likeness (QED) is 0.155. The molecule has 0 unspecified atom stereocenters. The van der Waals surface area contributed by atoms with Crippen molar-refractivity contribution >= 4 is 12.2 Å². The first-order valence-corrected chi connectivity index (χ1v) is 12.3. The van der Waals surface area contributed by atoms with Crippen LogP contribution in [0.15, 0.2) is 36.4 Å². The van der Waals surface area contributed by atoms with Crippen LogP contribution in [0.25, 0.3) is 12.2 Å². The maximum Gasteiger partial charge on any atom is 0.229 e. The molecule has 220 valence electrons. The van der Waals surface area contributed by atoms with Crippen LogP contribution in [-0.2, 0) is 14.2 Å². The second kappa shape index (κ2) is 12.7. The molecule has 14 heteroatoms. The Labute approximate surface area is 227 Å². The van der Waals surface area contributed by atoms with Crippen molar-refractivity contribution in [3.63, 3.8) is 0 Å². The van der Waals surface area contributed by atoms with Gasteiger partial charge in [-0.3, -0.25) is 0 Å². The van der Waals surface area contributed by atoms with Gasteiger partial charge < -0.3 is 70.0 Å². The van der Waals surface area contributed by atoms with E-state index in [0.717, 1.165) is 6.07 Å². The summed E-state index contributed by atoms with van der Waals surface area (Å²) >= 11 is 0. The van der Waals surface area contributed by atoms with Gasteiger partial charge >= 0.3 is 0 Å². The van der Waals surface area contributed by atoms with Gasteiger partial charge in [-0.15, -0.1) is 0 Å². The molecule has 2 aromatic carbocycles. The summed E-state index contributed by atoms with van der Waals surface area (Å²) in [6, 6.07) is 8.38. The average molecular weight is 569 g/mol. The van der Waals surface area contributed by atoms with Gasteiger partial charge in [0.2, 0.25) is 6.29 Å². The van der Waals surface area contributed by atoms with Crippen molar-refractivity contribution in [1.29, 1.82) is 0 Å². The molecule has 10 atom stereocenters. The Morgan fingerprint density at radius 3 is 1.93 bits per heavy atom. The Morgan fingerprint density at radius 1 is 0.675 bits per heavy atom. The van der Waals surface area contributed by atoms with E-state index in [1.807, 2.05) is 0 Å². The van der Waals surface area contributed by atoms with E-state index in [1.165, 1.54) is 24.3 Å². The van der Waals surface area contributed by atoms with Crippen molar-refractivity contribution in [2.45, 2.75) is 61.4 Å². The summed E-state index contributed by atoms with van der Waals surface area (Å²) in [7, 11) is 0. The molecule has 2 heterocycles. The average Bonchev–Trinajstić information content (AvgIpc) is 2.93. The van der Waals surface area contributed by atoms with Crippen molar-refractivity contribution in [3.05, 3.63) is 47.5 Å². The fourth-order valence-corrected chi connectivity index (χ4v) is 4.31. The third-order valence-corrected chi connectivity index (χ3v) is 6.61. The Bertz CT molecular complexity index is 1150. The van der Waals surface area contributed by atoms with Gasteiger partial charge in [-0.1, -0.05) is 24.3 Å². The summed E-state index contributed by atoms with van der Waals surface area (Å²) in [5.41, 5.74) is 0.806. The predicted molar refractivity (Wildman–Crippen MR) is 134 cm³/mol. The van der Waals surface area contributed by atoms with E-state index in [-0.39, 0.29) is 22.8 Å². The van der Waals surface area contributed by atoms with Crippen LogP contribution in [0.2, 0.25) is 0 Å². The number of hydrogen-bond acceptors (Lipinski definition) is 14. The van der Waals surface area contributed by atoms with Crippen molar-refractivity contribution in [2.75, 3.05) is 13.2 Å². The lowest BCUT2D eigenvalue weighted by atomic mass is 9.98. The number of ether oxygens (including phenoxy) is 4. The molecule has 14 nitrogen and oxygen atoms in total. The van der Waals surface area contributed by atoms with Gasteiger partial charge in [-0.25, -0.2) is 0 Å². The Balaban J connectivity index is 1.50. The molecule has 0 spiro atoms. The molecule has 40 heavy (non-hydrogen) atoms. The highest BCUT2D eigenvalue weighted by molar-refractivity contribution is 5.75. The number of benzene rings is 2. The summed E-state index contributed by atoms with van der Waals surface area (Å²) in [6.45, 7) is -1.25. The van der Waals surface area contributed by atoms with Crippen LogP contribution in [0.1, 0.15) is 11.1 Å². The summed E-state index contributed by atoms with van der Waals surface area (Å²) in [5, 5.41) is 101. The van der Waals surface area contributed by atoms with E-state index in [1.54, 1.807) is 18.2 Å². The molecular weight excluding hydrogens is 536 g/mol. The minimum Gasteiger partial charge on any atom is -0.508 e. The van der Waals surface area contributed by atoms with E-state index in [2.05, 4.69) is 0 Å². The lowest BCUT2D eigenvalue weighted by molar-refractivity contribution is -0.323. The highest BCUT2D eigenvalue weighted by atomic mass is 16.7. The van der Waals surface area contributed by atoms with Crippen molar-refractivity contribution in [3.8, 4) is 23.0 Å². The SMILES string of the molecule is OC[C@H]1O[C@H](OC[C@H]2O[C@@H](Oc3c(O)cc(O)cc3/C=C/c3ccc(O)cc3)[C@H](O)[C@@H](O)[C@@H]2O)[C@H](O)[C@@H](O)[C@@H]1O. The maximum absolute atomic E-state index is 10.5. The molecule has 0 aliphatic carbocycles. The largest absolute Gasteiger partial charge is 0.508 e. The second-order valence-corrected chi connectivity index (χ2v) is 9.47. The van der Waals surface area contributed by atoms with Crippen LogP contribution in [-0.4, -0.2) is 126 Å². The van der Waals surface area contributed by atoms with Crippen molar-refractivity contribution in [1.82, 2.24) is 0 Å². The maximum atomic E-state index is 10.5. The Hall–Kier alpha value is -3.02. The minimum absolute atomic E-state index is 0.0606. The highest BCUT2D eigenvalue weighted by Crippen LogP contribution is 2.38. The minimum atomic E-state index is -1.81. The highest BCUT2D eigenvalue weighted by Gasteiger charge is 2.48. The number of phenols is 3. The predicted octanol–water partition coefficient (Wildman–Crippen LogP) is -2.02. The molecule has 0 amide bonds. The van der Waals surface area contributed by atoms with E-state index < -0.39 is 80.4 Å². The van der Waals surface area contributed by atoms with Crippen LogP contribution in [0, 0.1) is 0 Å². The Morgan fingerprint density at radius 2 is 1.27 bits per heavy atom. The van der Waals surface area contributed by atoms with Gasteiger partial charge in [-0.2, -0.15) is 0 Å². The molecule has 0 radical (unpaired) electrons. The number of aliphatic hydroxyl groups excluding tert-OH is 7. The second-order valence-electron chi connectivity index (χ2n) is 9.47. The summed E-state index contributed by atoms with van der Waals surface area (Å²) in [6.07, 6.45) is -13.1. The summed E-state index contributed by atoms with van der Waals surface area (Å²) in [4.78, 5) is 0. The van der Waals surface area contributed by atoms with Gasteiger partial charge in [0.1, 0.15) is 60.3 Å². The lowest BCUT2D eigenvalue weighted by Gasteiger charge is -2.42. The number of phenolic OH excluding ortho intramolecular Hbond substituents is 3. The number of rotatable bonds is 8. The molecule has 0 saturated carbocycles. The van der Waals surface area contributed by atoms with E-state index in [0.29, 0.717) is 5.56 Å². The van der Waals surface area contributed by atoms with Gasteiger partial charge in [0.05, 0.1) is 13.2 Å². The molecule has 2 aromatic rings. The fourth-order valence-electron chi connectivity index (χ4n) is 4.31. The van der Waals surface area contributed by atoms with Gasteiger partial charge in [0, 0.05) is 11.6 Å². The molecule has 2 aliphatic heterocycles. The smallest absolute Gasteiger partial charge is 0.229 e. The van der Waals surface area contributed by atoms with Crippen LogP contribution in [0.5, 0.6) is 23.0 Å². The van der Waals surface area contributed by atoms with Crippen LogP contribution < -0.4 is 4.74 Å². The monoisotopic (exact) mass is 568 g/mol. The molecule has 2 aliphatic rings. The zero-order chi connectivity index (χ0) is 29.1. The third-order valence-electron chi connectivity index (χ3n) is 6.61. The first-order valence-electron chi connectivity index (χ1n) is 12.3. The lowest BCUT2D eigenvalue weighted by Crippen LogP contribution is -2.62. The fraction of sp³-hybridized carbons (Fsp3) is 0.462. The van der Waals surface area contributed by atoms with Gasteiger partial charge in [-0.05, 0) is 23.8 Å². The van der Waals surface area contributed by atoms with Gasteiger partial charge in [0.15, 0.2) is 17.8 Å². The molecule has 2 fully saturated rings. The summed E-state index contributed by atoms with van der Waals surface area (Å²) < 4.78 is 21.9. The molecule has 0 bridgehead atoms. The summed E-state index contributed by atoms with van der Waals surface area (Å²) in [5.74, 6) is -1.02. The molecule has 0 aromatic heterocycles. The topological polar surface area (TPSA) is 239 Å². The zero-order valence-corrected chi connectivity index (χ0v) is 20.9. The van der Waals surface area contributed by atoms with Crippen LogP contribution >= 0.6 is 0 Å². The molecule has 4 rings (SSSR count). The van der Waals surface area contributed by atoms with Gasteiger partial charge in [0.25, 0.3) is 0 Å². The number of aromatic hydroxyl groups is 3. The van der Waals surface area contributed by atoms with E-state index >= 15 is 0 Å². The van der Waals surface area contributed by atoms with Crippen LogP contribution in [0.4, 0.5) is 0 Å². The van der Waals surface area contributed by atoms with E-state index in [4.69, 9.17) is 18.9 Å². The third kappa shape index (κ3) is 6.47. The van der Waals surface area contributed by atoms with E-state index in [9.17, 15) is 51.1 Å².